The molecule has 1 aliphatic rings. The predicted octanol–water partition coefficient (Wildman–Crippen LogP) is 3.65. The molecule has 0 fully saturated rings. The first-order chi connectivity index (χ1) is 10.9. The summed E-state index contributed by atoms with van der Waals surface area (Å²) in [4.78, 5) is 0. The summed E-state index contributed by atoms with van der Waals surface area (Å²) in [5, 5.41) is 16.6. The Morgan fingerprint density at radius 2 is 2.22 bits per heavy atom. The molecule has 3 rings (SSSR count). The Hall–Kier alpha value is -2.33. The smallest absolute Gasteiger partial charge is 0.244 e. The lowest BCUT2D eigenvalue weighted by atomic mass is 9.82. The zero-order chi connectivity index (χ0) is 16.7. The summed E-state index contributed by atoms with van der Waals surface area (Å²) in [5.41, 5.74) is 8.55. The van der Waals surface area contributed by atoms with E-state index >= 15 is 0 Å². The van der Waals surface area contributed by atoms with Gasteiger partial charge in [0.15, 0.2) is 0 Å². The lowest BCUT2D eigenvalue weighted by Crippen LogP contribution is -2.21. The van der Waals surface area contributed by atoms with Crippen molar-refractivity contribution in [3.63, 3.8) is 0 Å². The molecule has 3 N–H and O–H groups in total. The third-order valence-electron chi connectivity index (χ3n) is 3.82. The SMILES string of the molecule is CC(C)c1[nH]nc2c1[C@@H](c1ccc(F)c(Br)c1)C(C#N)=C(N)O2. The van der Waals surface area contributed by atoms with Crippen molar-refractivity contribution in [1.29, 1.82) is 5.26 Å². The summed E-state index contributed by atoms with van der Waals surface area (Å²) >= 11 is 3.19. The summed E-state index contributed by atoms with van der Waals surface area (Å²) in [6, 6.07) is 6.76. The molecule has 23 heavy (non-hydrogen) atoms. The number of H-pyrrole nitrogens is 1. The Bertz CT molecular complexity index is 850. The van der Waals surface area contributed by atoms with Crippen LogP contribution in [0.5, 0.6) is 5.88 Å². The van der Waals surface area contributed by atoms with E-state index in [2.05, 4.69) is 32.2 Å². The van der Waals surface area contributed by atoms with Gasteiger partial charge in [0.1, 0.15) is 17.5 Å². The maximum Gasteiger partial charge on any atom is 0.244 e. The number of nitrogens with zero attached hydrogens (tertiary/aromatic N) is 2. The lowest BCUT2D eigenvalue weighted by molar-refractivity contribution is 0.378. The van der Waals surface area contributed by atoms with E-state index in [1.807, 2.05) is 13.8 Å². The molecule has 1 aliphatic heterocycles. The van der Waals surface area contributed by atoms with Crippen LogP contribution in [0, 0.1) is 17.1 Å². The van der Waals surface area contributed by atoms with Crippen molar-refractivity contribution in [2.45, 2.75) is 25.7 Å². The fourth-order valence-electron chi connectivity index (χ4n) is 2.73. The molecule has 7 heteroatoms. The number of allylic oxidation sites excluding steroid dienone is 1. The highest BCUT2D eigenvalue weighted by Gasteiger charge is 2.35. The van der Waals surface area contributed by atoms with Gasteiger partial charge in [0.25, 0.3) is 0 Å². The number of rotatable bonds is 2. The molecule has 2 aromatic rings. The van der Waals surface area contributed by atoms with Gasteiger partial charge in [-0.15, -0.1) is 5.10 Å². The second-order valence-electron chi connectivity index (χ2n) is 5.61. The monoisotopic (exact) mass is 376 g/mol. The fraction of sp³-hybridized carbons (Fsp3) is 0.250. The molecule has 0 bridgehead atoms. The largest absolute Gasteiger partial charge is 0.420 e. The molecule has 0 spiro atoms. The normalized spacial score (nSPS) is 17.0. The minimum atomic E-state index is -0.447. The van der Waals surface area contributed by atoms with Crippen LogP contribution in [-0.4, -0.2) is 10.2 Å². The maximum absolute atomic E-state index is 13.6. The maximum atomic E-state index is 13.6. The van der Waals surface area contributed by atoms with Crippen LogP contribution in [0.15, 0.2) is 34.1 Å². The summed E-state index contributed by atoms with van der Waals surface area (Å²) in [7, 11) is 0. The van der Waals surface area contributed by atoms with Gasteiger partial charge in [-0.05, 0) is 39.5 Å². The second-order valence-corrected chi connectivity index (χ2v) is 6.46. The van der Waals surface area contributed by atoms with Crippen LogP contribution < -0.4 is 10.5 Å². The van der Waals surface area contributed by atoms with Gasteiger partial charge in [-0.3, -0.25) is 5.10 Å². The zero-order valence-electron chi connectivity index (χ0n) is 12.5. The second kappa shape index (κ2) is 5.70. The van der Waals surface area contributed by atoms with Crippen molar-refractivity contribution >= 4 is 15.9 Å². The van der Waals surface area contributed by atoms with Crippen molar-refractivity contribution in [2.75, 3.05) is 0 Å². The molecule has 2 heterocycles. The third kappa shape index (κ3) is 2.49. The van der Waals surface area contributed by atoms with Gasteiger partial charge in [0.05, 0.1) is 16.0 Å². The van der Waals surface area contributed by atoms with Gasteiger partial charge < -0.3 is 10.5 Å². The molecule has 0 radical (unpaired) electrons. The molecule has 0 amide bonds. The number of fused-ring (bicyclic) bond motifs is 1. The Balaban J connectivity index is 2.26. The molecule has 1 atom stereocenters. The van der Waals surface area contributed by atoms with E-state index in [-0.39, 0.29) is 17.6 Å². The van der Waals surface area contributed by atoms with Crippen molar-refractivity contribution in [1.82, 2.24) is 10.2 Å². The number of aromatic nitrogens is 2. The minimum Gasteiger partial charge on any atom is -0.420 e. The van der Waals surface area contributed by atoms with Crippen LogP contribution in [0.2, 0.25) is 0 Å². The number of hydrogen-bond donors (Lipinski definition) is 2. The van der Waals surface area contributed by atoms with E-state index in [0.717, 1.165) is 16.8 Å². The van der Waals surface area contributed by atoms with E-state index < -0.39 is 5.92 Å². The highest BCUT2D eigenvalue weighted by Crippen LogP contribution is 2.44. The Morgan fingerprint density at radius 1 is 1.48 bits per heavy atom. The van der Waals surface area contributed by atoms with Crippen molar-refractivity contribution in [2.24, 2.45) is 5.73 Å². The topological polar surface area (TPSA) is 87.7 Å². The first-order valence-electron chi connectivity index (χ1n) is 7.04. The number of ether oxygens (including phenoxy) is 1. The summed E-state index contributed by atoms with van der Waals surface area (Å²) in [5.74, 6) is -0.284. The van der Waals surface area contributed by atoms with Gasteiger partial charge >= 0.3 is 0 Å². The molecule has 0 aliphatic carbocycles. The average molecular weight is 377 g/mol. The average Bonchev–Trinajstić information content (AvgIpc) is 2.92. The molecular formula is C16H14BrFN4O. The molecule has 5 nitrogen and oxygen atoms in total. The lowest BCUT2D eigenvalue weighted by Gasteiger charge is -2.25. The number of nitrogens with two attached hydrogens (primary N) is 1. The fourth-order valence-corrected chi connectivity index (χ4v) is 3.13. The van der Waals surface area contributed by atoms with Crippen LogP contribution in [0.1, 0.15) is 42.5 Å². The Labute approximate surface area is 141 Å². The van der Waals surface area contributed by atoms with Crippen LogP contribution in [0.3, 0.4) is 0 Å². The number of aromatic amines is 1. The van der Waals surface area contributed by atoms with E-state index in [0.29, 0.717) is 15.9 Å². The first-order valence-corrected chi connectivity index (χ1v) is 7.84. The van der Waals surface area contributed by atoms with Crippen LogP contribution in [0.25, 0.3) is 0 Å². The van der Waals surface area contributed by atoms with Crippen LogP contribution in [-0.2, 0) is 0 Å². The molecular weight excluding hydrogens is 363 g/mol. The summed E-state index contributed by atoms with van der Waals surface area (Å²) < 4.78 is 19.4. The number of nitriles is 1. The summed E-state index contributed by atoms with van der Waals surface area (Å²) in [6.07, 6.45) is 0. The number of nitrogens with one attached hydrogen (secondary N) is 1. The molecule has 1 aromatic carbocycles. The zero-order valence-corrected chi connectivity index (χ0v) is 14.1. The number of halogens is 2. The Morgan fingerprint density at radius 3 is 2.83 bits per heavy atom. The standard InChI is InChI=1S/C16H14BrFN4O/c1-7(2)14-13-12(8-3-4-11(18)10(17)5-8)9(6-19)15(20)23-16(13)22-21-14/h3-5,7,12H,20H2,1-2H3,(H,21,22)/t12-/m0/s1. The van der Waals surface area contributed by atoms with Crippen molar-refractivity contribution in [3.8, 4) is 11.9 Å². The first kappa shape index (κ1) is 15.6. The summed E-state index contributed by atoms with van der Waals surface area (Å²) in [6.45, 7) is 4.03. The van der Waals surface area contributed by atoms with Crippen LogP contribution in [0.4, 0.5) is 4.39 Å². The van der Waals surface area contributed by atoms with Gasteiger partial charge in [-0.2, -0.15) is 5.26 Å². The number of hydrogen-bond acceptors (Lipinski definition) is 4. The van der Waals surface area contributed by atoms with Gasteiger partial charge in [0.2, 0.25) is 11.8 Å². The Kier molecular flexibility index (Phi) is 3.86. The quantitative estimate of drug-likeness (QED) is 0.836. The van der Waals surface area contributed by atoms with Gasteiger partial charge in [-0.25, -0.2) is 4.39 Å². The third-order valence-corrected chi connectivity index (χ3v) is 4.43. The van der Waals surface area contributed by atoms with E-state index in [9.17, 15) is 9.65 Å². The van der Waals surface area contributed by atoms with Crippen molar-refractivity contribution in [3.05, 3.63) is 56.8 Å². The molecule has 118 valence electrons. The molecule has 0 saturated carbocycles. The van der Waals surface area contributed by atoms with Gasteiger partial charge in [-0.1, -0.05) is 19.9 Å². The predicted molar refractivity (Wildman–Crippen MR) is 86.1 cm³/mol. The highest BCUT2D eigenvalue weighted by molar-refractivity contribution is 9.10. The van der Waals surface area contributed by atoms with Crippen LogP contribution >= 0.6 is 15.9 Å². The molecule has 0 unspecified atom stereocenters. The van der Waals surface area contributed by atoms with E-state index in [1.165, 1.54) is 6.07 Å². The van der Waals surface area contributed by atoms with Crippen molar-refractivity contribution < 1.29 is 9.13 Å². The van der Waals surface area contributed by atoms with Gasteiger partial charge in [0, 0.05) is 5.69 Å². The minimum absolute atomic E-state index is 0.0206. The molecule has 0 saturated heterocycles. The van der Waals surface area contributed by atoms with E-state index in [1.54, 1.807) is 12.1 Å². The highest BCUT2D eigenvalue weighted by atomic mass is 79.9. The number of benzene rings is 1. The van der Waals surface area contributed by atoms with E-state index in [4.69, 9.17) is 10.5 Å². The molecule has 1 aromatic heterocycles.